The summed E-state index contributed by atoms with van der Waals surface area (Å²) < 4.78 is 0. The van der Waals surface area contributed by atoms with Gasteiger partial charge in [-0.2, -0.15) is 0 Å². The third-order valence-electron chi connectivity index (χ3n) is 2.92. The van der Waals surface area contributed by atoms with Gasteiger partial charge >= 0.3 is 0 Å². The molecule has 2 rings (SSSR count). The molecule has 0 bridgehead atoms. The number of unbranched alkanes of at least 4 members (excludes halogenated alkanes) is 1. The molecule has 1 heterocycles. The van der Waals surface area contributed by atoms with Gasteiger partial charge in [0.1, 0.15) is 15.7 Å². The Morgan fingerprint density at radius 1 is 1.24 bits per heavy atom. The van der Waals surface area contributed by atoms with Crippen LogP contribution < -0.4 is 5.73 Å². The molecular weight excluding hydrogens is 356 g/mol. The largest absolute Gasteiger partial charge is 0.365 e. The molecule has 1 amide bonds. The molecular formula is C19H27ClN2O2S. The number of hydrogen-bond acceptors (Lipinski definition) is 4. The zero-order valence-electron chi connectivity index (χ0n) is 15.6. The Morgan fingerprint density at radius 3 is 2.28 bits per heavy atom. The molecule has 0 unspecified atom stereocenters. The molecule has 0 saturated carbocycles. The van der Waals surface area contributed by atoms with E-state index in [1.807, 2.05) is 39.0 Å². The fourth-order valence-corrected chi connectivity index (χ4v) is 2.85. The highest BCUT2D eigenvalue weighted by atomic mass is 35.5. The molecule has 138 valence electrons. The lowest BCUT2D eigenvalue weighted by Gasteiger charge is -1.99. The summed E-state index contributed by atoms with van der Waals surface area (Å²) in [4.78, 5) is 25.7. The van der Waals surface area contributed by atoms with Crippen LogP contribution >= 0.6 is 22.9 Å². The van der Waals surface area contributed by atoms with Gasteiger partial charge in [-0.15, -0.1) is 11.3 Å². The number of carbonyl (C=O) groups is 2. The zero-order valence-corrected chi connectivity index (χ0v) is 17.1. The smallest absolute Gasteiger partial charge is 0.260 e. The highest BCUT2D eigenvalue weighted by Crippen LogP contribution is 2.28. The first-order valence-electron chi connectivity index (χ1n) is 8.36. The van der Waals surface area contributed by atoms with Gasteiger partial charge in [0.05, 0.1) is 6.20 Å². The van der Waals surface area contributed by atoms with Crippen LogP contribution in [0, 0.1) is 6.92 Å². The Kier molecular flexibility index (Phi) is 11.7. The molecule has 1 aromatic carbocycles. The van der Waals surface area contributed by atoms with E-state index in [2.05, 4.69) is 11.9 Å². The van der Waals surface area contributed by atoms with Crippen molar-refractivity contribution in [3.63, 3.8) is 0 Å². The number of benzene rings is 1. The highest BCUT2D eigenvalue weighted by molar-refractivity contribution is 7.16. The van der Waals surface area contributed by atoms with E-state index >= 15 is 0 Å². The number of aromatic nitrogens is 1. The predicted molar refractivity (Wildman–Crippen MR) is 107 cm³/mol. The van der Waals surface area contributed by atoms with E-state index in [1.165, 1.54) is 17.5 Å². The minimum Gasteiger partial charge on any atom is -0.365 e. The number of rotatable bonds is 5. The number of hydrogen-bond donors (Lipinski definition) is 1. The normalized spacial score (nSPS) is 9.36. The quantitative estimate of drug-likeness (QED) is 0.724. The highest BCUT2D eigenvalue weighted by Gasteiger charge is 2.09. The lowest BCUT2D eigenvalue weighted by Crippen LogP contribution is -2.08. The summed E-state index contributed by atoms with van der Waals surface area (Å²) in [6.45, 7) is 9.68. The molecule has 2 aromatic rings. The number of halogens is 1. The van der Waals surface area contributed by atoms with Gasteiger partial charge in [0.25, 0.3) is 5.91 Å². The van der Waals surface area contributed by atoms with Gasteiger partial charge in [-0.05, 0) is 44.0 Å². The number of nitrogens with two attached hydrogens (primary N) is 1. The third kappa shape index (κ3) is 9.37. The number of ketones is 1. The molecule has 4 nitrogen and oxygen atoms in total. The van der Waals surface area contributed by atoms with E-state index in [9.17, 15) is 9.59 Å². The molecule has 0 saturated heterocycles. The number of aryl methyl sites for hydroxylation is 1. The number of primary amides is 1. The van der Waals surface area contributed by atoms with Gasteiger partial charge in [-0.25, -0.2) is 4.98 Å². The van der Waals surface area contributed by atoms with Crippen LogP contribution in [0.15, 0.2) is 24.4 Å². The summed E-state index contributed by atoms with van der Waals surface area (Å²) in [5.41, 5.74) is 7.13. The monoisotopic (exact) mass is 382 g/mol. The Labute approximate surface area is 159 Å². The Balaban J connectivity index is 0.000000544. The number of thiazole rings is 1. The average Bonchev–Trinajstić information content (AvgIpc) is 3.05. The number of carbonyl (C=O) groups excluding carboxylic acids is 2. The van der Waals surface area contributed by atoms with Crippen molar-refractivity contribution >= 4 is 34.6 Å². The summed E-state index contributed by atoms with van der Waals surface area (Å²) in [5, 5.41) is 1.41. The van der Waals surface area contributed by atoms with Crippen LogP contribution in [0.4, 0.5) is 0 Å². The maximum Gasteiger partial charge on any atom is 0.260 e. The SMILES string of the molecule is CC.CCCCC(C)=O.Cc1cc(Cl)cc(-c2ncc(C(N)=O)s2)c1. The molecule has 0 aliphatic heterocycles. The molecule has 2 N–H and O–H groups in total. The molecule has 0 aliphatic rings. The zero-order chi connectivity index (χ0) is 19.4. The Hall–Kier alpha value is -1.72. The second-order valence-electron chi connectivity index (χ2n) is 5.22. The van der Waals surface area contributed by atoms with Crippen LogP contribution in [-0.2, 0) is 4.79 Å². The first-order chi connectivity index (χ1) is 11.8. The van der Waals surface area contributed by atoms with E-state index in [4.69, 9.17) is 17.3 Å². The Morgan fingerprint density at radius 2 is 1.88 bits per heavy atom. The lowest BCUT2D eigenvalue weighted by atomic mass is 10.1. The van der Waals surface area contributed by atoms with Crippen LogP contribution in [0.2, 0.25) is 5.02 Å². The van der Waals surface area contributed by atoms with Gasteiger partial charge in [0.2, 0.25) is 0 Å². The van der Waals surface area contributed by atoms with Crippen LogP contribution in [0.1, 0.15) is 62.2 Å². The summed E-state index contributed by atoms with van der Waals surface area (Å²) >= 11 is 7.22. The van der Waals surface area contributed by atoms with E-state index in [0.717, 1.165) is 35.4 Å². The molecule has 0 spiro atoms. The predicted octanol–water partition coefficient (Wildman–Crippen LogP) is 5.66. The van der Waals surface area contributed by atoms with E-state index < -0.39 is 5.91 Å². The molecule has 6 heteroatoms. The van der Waals surface area contributed by atoms with Gasteiger partial charge in [-0.3, -0.25) is 4.79 Å². The third-order valence-corrected chi connectivity index (χ3v) is 4.20. The van der Waals surface area contributed by atoms with E-state index in [1.54, 1.807) is 6.92 Å². The second-order valence-corrected chi connectivity index (χ2v) is 6.68. The molecule has 0 atom stereocenters. The maximum atomic E-state index is 10.9. The summed E-state index contributed by atoms with van der Waals surface area (Å²) in [7, 11) is 0. The van der Waals surface area contributed by atoms with Crippen molar-refractivity contribution < 1.29 is 9.59 Å². The first kappa shape index (κ1) is 23.3. The molecule has 0 fully saturated rings. The topological polar surface area (TPSA) is 73.1 Å². The second kappa shape index (κ2) is 12.6. The van der Waals surface area contributed by atoms with Gasteiger partial charge in [-0.1, -0.05) is 38.8 Å². The van der Waals surface area contributed by atoms with Crippen LogP contribution in [0.3, 0.4) is 0 Å². The molecule has 25 heavy (non-hydrogen) atoms. The van der Waals surface area contributed by atoms with Crippen molar-refractivity contribution in [3.05, 3.63) is 39.9 Å². The van der Waals surface area contributed by atoms with Crippen molar-refractivity contribution in [2.75, 3.05) is 0 Å². The lowest BCUT2D eigenvalue weighted by molar-refractivity contribution is -0.117. The molecule has 0 radical (unpaired) electrons. The van der Waals surface area contributed by atoms with E-state index in [0.29, 0.717) is 15.7 Å². The minimum atomic E-state index is -0.456. The average molecular weight is 383 g/mol. The maximum absolute atomic E-state index is 10.9. The molecule has 0 aliphatic carbocycles. The summed E-state index contributed by atoms with van der Waals surface area (Å²) in [5.74, 6) is -0.149. The van der Waals surface area contributed by atoms with Gasteiger partial charge < -0.3 is 10.5 Å². The number of amides is 1. The van der Waals surface area contributed by atoms with Crippen molar-refractivity contribution in [3.8, 4) is 10.6 Å². The number of nitrogens with zero attached hydrogens (tertiary/aromatic N) is 1. The Bertz CT molecular complexity index is 664. The van der Waals surface area contributed by atoms with Gasteiger partial charge in [0.15, 0.2) is 0 Å². The van der Waals surface area contributed by atoms with Gasteiger partial charge in [0, 0.05) is 17.0 Å². The fourth-order valence-electron chi connectivity index (χ4n) is 1.81. The van der Waals surface area contributed by atoms with Crippen molar-refractivity contribution in [2.45, 2.75) is 53.9 Å². The van der Waals surface area contributed by atoms with Crippen molar-refractivity contribution in [1.82, 2.24) is 4.98 Å². The fraction of sp³-hybridized carbons (Fsp3) is 0.421. The van der Waals surface area contributed by atoms with Crippen molar-refractivity contribution in [1.29, 1.82) is 0 Å². The van der Waals surface area contributed by atoms with Crippen LogP contribution in [-0.4, -0.2) is 16.7 Å². The summed E-state index contributed by atoms with van der Waals surface area (Å²) in [6.07, 6.45) is 4.42. The summed E-state index contributed by atoms with van der Waals surface area (Å²) in [6, 6.07) is 5.65. The standard InChI is InChI=1S/C11H9ClN2OS.C6H12O.C2H6/c1-6-2-7(4-8(12)3-6)11-14-5-9(16-11)10(13)15;1-3-4-5-6(2)7;1-2/h2-5H,1H3,(H2,13,15);3-5H2,1-2H3;1-2H3. The molecule has 1 aromatic heterocycles. The minimum absolute atomic E-state index is 0.307. The number of Topliss-reactive ketones (excluding diaryl/α,β-unsaturated/α-hetero) is 1. The van der Waals surface area contributed by atoms with Crippen LogP contribution in [0.25, 0.3) is 10.6 Å². The van der Waals surface area contributed by atoms with E-state index in [-0.39, 0.29) is 0 Å². The van der Waals surface area contributed by atoms with Crippen LogP contribution in [0.5, 0.6) is 0 Å². The van der Waals surface area contributed by atoms with Crippen molar-refractivity contribution in [2.24, 2.45) is 5.73 Å². The first-order valence-corrected chi connectivity index (χ1v) is 9.55.